The third-order valence-corrected chi connectivity index (χ3v) is 5.48. The van der Waals surface area contributed by atoms with E-state index in [4.69, 9.17) is 4.74 Å². The van der Waals surface area contributed by atoms with Crippen molar-refractivity contribution in [1.82, 2.24) is 0 Å². The van der Waals surface area contributed by atoms with Crippen LogP contribution < -0.4 is 4.74 Å². The Hall–Kier alpha value is -2.88. The van der Waals surface area contributed by atoms with Crippen molar-refractivity contribution >= 4 is 16.5 Å². The Kier molecular flexibility index (Phi) is 2.46. The molecule has 2 aliphatic rings. The van der Waals surface area contributed by atoms with Crippen molar-refractivity contribution in [3.63, 3.8) is 0 Å². The van der Waals surface area contributed by atoms with Gasteiger partial charge in [0.05, 0.1) is 17.6 Å². The van der Waals surface area contributed by atoms with E-state index in [9.17, 15) is 10.1 Å². The number of rotatable bonds is 1. The summed E-state index contributed by atoms with van der Waals surface area (Å²) in [6.45, 7) is 2.81. The molecule has 118 valence electrons. The highest BCUT2D eigenvalue weighted by atomic mass is 16.6. The summed E-state index contributed by atoms with van der Waals surface area (Å²) in [5.74, 6) is 0.660. The van der Waals surface area contributed by atoms with Crippen LogP contribution in [0.5, 0.6) is 5.75 Å². The Labute approximate surface area is 138 Å². The topological polar surface area (TPSA) is 52.4 Å². The van der Waals surface area contributed by atoms with Crippen molar-refractivity contribution in [2.45, 2.75) is 18.8 Å². The number of benzene rings is 3. The molecule has 4 heteroatoms. The SMILES string of the molecule is CC12CCOc3cc([N+](=O)[O-])cc(c31)-c1cc3ccccc3cc12. The minimum absolute atomic E-state index is 0.0917. The molecule has 0 fully saturated rings. The molecule has 3 aromatic carbocycles. The van der Waals surface area contributed by atoms with Crippen molar-refractivity contribution in [1.29, 1.82) is 0 Å². The number of nitro groups is 1. The van der Waals surface area contributed by atoms with Gasteiger partial charge in [0, 0.05) is 17.0 Å². The Morgan fingerprint density at radius 2 is 1.83 bits per heavy atom. The first-order valence-corrected chi connectivity index (χ1v) is 8.07. The molecule has 4 nitrogen and oxygen atoms in total. The predicted molar refractivity (Wildman–Crippen MR) is 92.6 cm³/mol. The van der Waals surface area contributed by atoms with Crippen molar-refractivity contribution in [3.05, 3.63) is 69.8 Å². The van der Waals surface area contributed by atoms with E-state index in [2.05, 4.69) is 31.2 Å². The first-order valence-electron chi connectivity index (χ1n) is 8.07. The van der Waals surface area contributed by atoms with Gasteiger partial charge in [-0.25, -0.2) is 0 Å². The Morgan fingerprint density at radius 3 is 2.58 bits per heavy atom. The van der Waals surface area contributed by atoms with Crippen LogP contribution in [0, 0.1) is 10.1 Å². The third-order valence-electron chi connectivity index (χ3n) is 5.48. The molecule has 0 N–H and O–H groups in total. The van der Waals surface area contributed by atoms with E-state index >= 15 is 0 Å². The van der Waals surface area contributed by atoms with Gasteiger partial charge in [0.2, 0.25) is 0 Å². The molecule has 1 unspecified atom stereocenters. The highest BCUT2D eigenvalue weighted by molar-refractivity contribution is 5.95. The van der Waals surface area contributed by atoms with Gasteiger partial charge in [-0.1, -0.05) is 31.2 Å². The van der Waals surface area contributed by atoms with Gasteiger partial charge in [-0.05, 0) is 46.0 Å². The summed E-state index contributed by atoms with van der Waals surface area (Å²) >= 11 is 0. The van der Waals surface area contributed by atoms with Gasteiger partial charge in [0.15, 0.2) is 0 Å². The second-order valence-electron chi connectivity index (χ2n) is 6.80. The molecule has 1 atom stereocenters. The van der Waals surface area contributed by atoms with E-state index in [1.54, 1.807) is 12.1 Å². The maximum atomic E-state index is 11.3. The van der Waals surface area contributed by atoms with E-state index in [0.717, 1.165) is 28.5 Å². The number of hydrogen-bond acceptors (Lipinski definition) is 3. The lowest BCUT2D eigenvalue weighted by atomic mass is 9.75. The van der Waals surface area contributed by atoms with Gasteiger partial charge in [-0.2, -0.15) is 0 Å². The van der Waals surface area contributed by atoms with E-state index in [1.165, 1.54) is 10.9 Å². The smallest absolute Gasteiger partial charge is 0.273 e. The molecule has 24 heavy (non-hydrogen) atoms. The van der Waals surface area contributed by atoms with E-state index in [1.807, 2.05) is 12.1 Å². The number of hydrogen-bond donors (Lipinski definition) is 0. The molecule has 1 aliphatic heterocycles. The average Bonchev–Trinajstić information content (AvgIpc) is 2.83. The summed E-state index contributed by atoms with van der Waals surface area (Å²) in [6, 6.07) is 15.9. The molecular weight excluding hydrogens is 302 g/mol. The number of nitrogens with zero attached hydrogens (tertiary/aromatic N) is 1. The third kappa shape index (κ3) is 1.58. The highest BCUT2D eigenvalue weighted by Crippen LogP contribution is 2.57. The van der Waals surface area contributed by atoms with Crippen LogP contribution in [0.15, 0.2) is 48.5 Å². The van der Waals surface area contributed by atoms with Gasteiger partial charge >= 0.3 is 0 Å². The molecule has 1 aliphatic carbocycles. The molecule has 1 heterocycles. The molecular formula is C20H15NO3. The molecule has 0 radical (unpaired) electrons. The van der Waals surface area contributed by atoms with Crippen molar-refractivity contribution in [2.24, 2.45) is 0 Å². The highest BCUT2D eigenvalue weighted by Gasteiger charge is 2.45. The molecule has 0 amide bonds. The lowest BCUT2D eigenvalue weighted by Gasteiger charge is -2.33. The first-order chi connectivity index (χ1) is 11.6. The molecule has 5 rings (SSSR count). The first kappa shape index (κ1) is 13.5. The van der Waals surface area contributed by atoms with Crippen LogP contribution in [-0.2, 0) is 5.41 Å². The zero-order valence-corrected chi connectivity index (χ0v) is 13.2. The lowest BCUT2D eigenvalue weighted by Crippen LogP contribution is -2.28. The number of fused-ring (bicyclic) bond motifs is 4. The van der Waals surface area contributed by atoms with E-state index in [-0.39, 0.29) is 16.0 Å². The maximum Gasteiger partial charge on any atom is 0.273 e. The second kappa shape index (κ2) is 4.35. The van der Waals surface area contributed by atoms with Crippen LogP contribution in [0.25, 0.3) is 21.9 Å². The van der Waals surface area contributed by atoms with Crippen LogP contribution >= 0.6 is 0 Å². The Morgan fingerprint density at radius 1 is 1.08 bits per heavy atom. The number of non-ortho nitro benzene ring substituents is 1. The van der Waals surface area contributed by atoms with Crippen LogP contribution in [-0.4, -0.2) is 11.5 Å². The van der Waals surface area contributed by atoms with Gasteiger partial charge < -0.3 is 4.74 Å². The fraction of sp³-hybridized carbons (Fsp3) is 0.200. The zero-order chi connectivity index (χ0) is 16.5. The number of ether oxygens (including phenoxy) is 1. The molecule has 3 aromatic rings. The Bertz CT molecular complexity index is 1040. The van der Waals surface area contributed by atoms with E-state index in [0.29, 0.717) is 12.4 Å². The fourth-order valence-corrected chi connectivity index (χ4v) is 4.28. The molecule has 0 saturated carbocycles. The maximum absolute atomic E-state index is 11.3. The van der Waals surface area contributed by atoms with Gasteiger partial charge in [-0.3, -0.25) is 10.1 Å². The normalized spacial score (nSPS) is 20.4. The van der Waals surface area contributed by atoms with Crippen LogP contribution in [0.4, 0.5) is 5.69 Å². The van der Waals surface area contributed by atoms with Crippen LogP contribution in [0.2, 0.25) is 0 Å². The predicted octanol–water partition coefficient (Wildman–Crippen LogP) is 4.82. The monoisotopic (exact) mass is 317 g/mol. The molecule has 0 saturated heterocycles. The summed E-state index contributed by atoms with van der Waals surface area (Å²) < 4.78 is 5.80. The number of nitro benzene ring substituents is 1. The second-order valence-corrected chi connectivity index (χ2v) is 6.80. The molecule has 0 aromatic heterocycles. The van der Waals surface area contributed by atoms with Crippen molar-refractivity contribution < 1.29 is 9.66 Å². The Balaban J connectivity index is 1.91. The fourth-order valence-electron chi connectivity index (χ4n) is 4.28. The summed E-state index contributed by atoms with van der Waals surface area (Å²) in [5.41, 5.74) is 4.35. The quantitative estimate of drug-likeness (QED) is 0.478. The van der Waals surface area contributed by atoms with Crippen LogP contribution in [0.1, 0.15) is 24.5 Å². The van der Waals surface area contributed by atoms with Gasteiger partial charge in [0.25, 0.3) is 5.69 Å². The van der Waals surface area contributed by atoms with Crippen molar-refractivity contribution in [3.8, 4) is 16.9 Å². The van der Waals surface area contributed by atoms with Crippen LogP contribution in [0.3, 0.4) is 0 Å². The minimum Gasteiger partial charge on any atom is -0.493 e. The summed E-state index contributed by atoms with van der Waals surface area (Å²) in [5, 5.41) is 13.7. The average molecular weight is 317 g/mol. The summed E-state index contributed by atoms with van der Waals surface area (Å²) in [7, 11) is 0. The lowest BCUT2D eigenvalue weighted by molar-refractivity contribution is -0.384. The van der Waals surface area contributed by atoms with Gasteiger partial charge in [-0.15, -0.1) is 0 Å². The minimum atomic E-state index is -0.342. The van der Waals surface area contributed by atoms with E-state index < -0.39 is 0 Å². The summed E-state index contributed by atoms with van der Waals surface area (Å²) in [6.07, 6.45) is 0.885. The molecule has 0 spiro atoms. The zero-order valence-electron chi connectivity index (χ0n) is 13.2. The van der Waals surface area contributed by atoms with Crippen molar-refractivity contribution in [2.75, 3.05) is 6.61 Å². The molecule has 0 bridgehead atoms. The largest absolute Gasteiger partial charge is 0.493 e. The van der Waals surface area contributed by atoms with Gasteiger partial charge in [0.1, 0.15) is 5.75 Å². The standard InChI is InChI=1S/C20H15NO3/c1-20-6-7-24-18-11-14(21(22)23)10-16(19(18)20)15-8-12-4-2-3-5-13(12)9-17(15)20/h2-5,8-11H,6-7H2,1H3. The summed E-state index contributed by atoms with van der Waals surface area (Å²) in [4.78, 5) is 11.0.